The predicted octanol–water partition coefficient (Wildman–Crippen LogP) is 4.64. The summed E-state index contributed by atoms with van der Waals surface area (Å²) < 4.78 is 28.4. The first kappa shape index (κ1) is 22.8. The van der Waals surface area contributed by atoms with Crippen LogP contribution in [0.1, 0.15) is 42.6 Å². The van der Waals surface area contributed by atoms with Gasteiger partial charge in [0.15, 0.2) is 0 Å². The SMILES string of the molecule is CCN(CC)S(=O)(=O)c1ccc(N2CCCC2)c(C(=O)Nc2ccc(Br)cc2C)c1. The Hall–Kier alpha value is -1.90. The zero-order valence-electron chi connectivity index (χ0n) is 17.6. The highest BCUT2D eigenvalue weighted by Crippen LogP contribution is 2.30. The van der Waals surface area contributed by atoms with Crippen molar-refractivity contribution in [3.63, 3.8) is 0 Å². The third-order valence-corrected chi connectivity index (χ3v) is 7.98. The molecular formula is C22H28BrN3O3S. The molecule has 0 radical (unpaired) electrons. The molecule has 0 aromatic heterocycles. The molecule has 6 nitrogen and oxygen atoms in total. The molecule has 1 N–H and O–H groups in total. The standard InChI is InChI=1S/C22H28BrN3O3S/c1-4-26(5-2)30(28,29)18-9-11-21(25-12-6-7-13-25)19(15-18)22(27)24-20-10-8-17(23)14-16(20)3/h8-11,14-15H,4-7,12-13H2,1-3H3,(H,24,27). The quantitative estimate of drug-likeness (QED) is 0.609. The van der Waals surface area contributed by atoms with Crippen LogP contribution in [0.2, 0.25) is 0 Å². The number of hydrogen-bond donors (Lipinski definition) is 1. The van der Waals surface area contributed by atoms with Gasteiger partial charge in [-0.1, -0.05) is 29.8 Å². The van der Waals surface area contributed by atoms with E-state index in [9.17, 15) is 13.2 Å². The minimum Gasteiger partial charge on any atom is -0.371 e. The van der Waals surface area contributed by atoms with Crippen LogP contribution in [0.4, 0.5) is 11.4 Å². The van der Waals surface area contributed by atoms with E-state index in [1.54, 1.807) is 12.1 Å². The molecule has 0 aliphatic carbocycles. The summed E-state index contributed by atoms with van der Waals surface area (Å²) in [6.45, 7) is 8.02. The molecule has 2 aromatic carbocycles. The van der Waals surface area contributed by atoms with Crippen LogP contribution in [0.25, 0.3) is 0 Å². The van der Waals surface area contributed by atoms with E-state index in [1.165, 1.54) is 10.4 Å². The zero-order valence-corrected chi connectivity index (χ0v) is 20.0. The molecule has 0 atom stereocenters. The first-order valence-corrected chi connectivity index (χ1v) is 12.5. The second kappa shape index (κ2) is 9.49. The Kier molecular flexibility index (Phi) is 7.21. The molecule has 3 rings (SSSR count). The molecule has 1 saturated heterocycles. The molecule has 0 saturated carbocycles. The summed E-state index contributed by atoms with van der Waals surface area (Å²) in [6.07, 6.45) is 2.12. The normalized spacial score (nSPS) is 14.4. The van der Waals surface area contributed by atoms with Crippen LogP contribution < -0.4 is 10.2 Å². The Balaban J connectivity index is 2.03. The maximum absolute atomic E-state index is 13.3. The van der Waals surface area contributed by atoms with Gasteiger partial charge in [-0.2, -0.15) is 4.31 Å². The van der Waals surface area contributed by atoms with E-state index >= 15 is 0 Å². The maximum atomic E-state index is 13.3. The zero-order chi connectivity index (χ0) is 21.9. The summed E-state index contributed by atoms with van der Waals surface area (Å²) in [4.78, 5) is 15.6. The summed E-state index contributed by atoms with van der Waals surface area (Å²) in [5.41, 5.74) is 2.78. The highest BCUT2D eigenvalue weighted by atomic mass is 79.9. The lowest BCUT2D eigenvalue weighted by molar-refractivity contribution is 0.102. The van der Waals surface area contributed by atoms with Crippen LogP contribution in [-0.4, -0.2) is 44.8 Å². The number of amides is 1. The van der Waals surface area contributed by atoms with Crippen LogP contribution in [-0.2, 0) is 10.0 Å². The van der Waals surface area contributed by atoms with Crippen LogP contribution in [0.3, 0.4) is 0 Å². The first-order valence-electron chi connectivity index (χ1n) is 10.2. The van der Waals surface area contributed by atoms with Crippen molar-refractivity contribution in [2.75, 3.05) is 36.4 Å². The van der Waals surface area contributed by atoms with E-state index in [-0.39, 0.29) is 10.8 Å². The summed E-state index contributed by atoms with van der Waals surface area (Å²) in [5, 5.41) is 2.96. The molecule has 0 bridgehead atoms. The number of nitrogens with one attached hydrogen (secondary N) is 1. The average molecular weight is 494 g/mol. The lowest BCUT2D eigenvalue weighted by Crippen LogP contribution is -2.31. The fourth-order valence-corrected chi connectivity index (χ4v) is 5.72. The predicted molar refractivity (Wildman–Crippen MR) is 125 cm³/mol. The van der Waals surface area contributed by atoms with Crippen molar-refractivity contribution >= 4 is 43.2 Å². The Bertz CT molecular complexity index is 1030. The molecule has 0 unspecified atom stereocenters. The number of hydrogen-bond acceptors (Lipinski definition) is 4. The van der Waals surface area contributed by atoms with Gasteiger partial charge in [-0.05, 0) is 61.7 Å². The van der Waals surface area contributed by atoms with E-state index in [1.807, 2.05) is 39.0 Å². The lowest BCUT2D eigenvalue weighted by Gasteiger charge is -2.23. The van der Waals surface area contributed by atoms with E-state index in [4.69, 9.17) is 0 Å². The molecule has 1 amide bonds. The van der Waals surface area contributed by atoms with Gasteiger partial charge in [0, 0.05) is 42.0 Å². The number of rotatable bonds is 7. The van der Waals surface area contributed by atoms with Crippen molar-refractivity contribution in [3.8, 4) is 0 Å². The van der Waals surface area contributed by atoms with Crippen molar-refractivity contribution in [2.45, 2.75) is 38.5 Å². The van der Waals surface area contributed by atoms with Gasteiger partial charge < -0.3 is 10.2 Å². The minimum atomic E-state index is -3.66. The maximum Gasteiger partial charge on any atom is 0.257 e. The van der Waals surface area contributed by atoms with Crippen molar-refractivity contribution in [1.29, 1.82) is 0 Å². The molecule has 8 heteroatoms. The first-order chi connectivity index (χ1) is 14.3. The number of nitrogens with zero attached hydrogens (tertiary/aromatic N) is 2. The summed E-state index contributed by atoms with van der Waals surface area (Å²) in [5.74, 6) is -0.307. The number of aryl methyl sites for hydroxylation is 1. The number of anilines is 2. The molecule has 2 aromatic rings. The van der Waals surface area contributed by atoms with E-state index < -0.39 is 10.0 Å². The summed E-state index contributed by atoms with van der Waals surface area (Å²) in [7, 11) is -3.66. The Morgan fingerprint density at radius 1 is 1.10 bits per heavy atom. The van der Waals surface area contributed by atoms with E-state index in [0.29, 0.717) is 24.3 Å². The molecule has 1 aliphatic rings. The van der Waals surface area contributed by atoms with Gasteiger partial charge in [0.25, 0.3) is 5.91 Å². The number of halogens is 1. The number of benzene rings is 2. The Labute approximate surface area is 187 Å². The van der Waals surface area contributed by atoms with Crippen LogP contribution in [0, 0.1) is 6.92 Å². The molecule has 0 spiro atoms. The van der Waals surface area contributed by atoms with Gasteiger partial charge in [0.1, 0.15) is 0 Å². The average Bonchev–Trinajstić information content (AvgIpc) is 3.25. The fraction of sp³-hybridized carbons (Fsp3) is 0.409. The molecule has 162 valence electrons. The Morgan fingerprint density at radius 2 is 1.77 bits per heavy atom. The van der Waals surface area contributed by atoms with Gasteiger partial charge in [-0.25, -0.2) is 8.42 Å². The van der Waals surface area contributed by atoms with Crippen LogP contribution in [0.5, 0.6) is 0 Å². The van der Waals surface area contributed by atoms with Crippen molar-refractivity contribution in [3.05, 3.63) is 52.0 Å². The van der Waals surface area contributed by atoms with Crippen molar-refractivity contribution in [1.82, 2.24) is 4.31 Å². The number of carbonyl (C=O) groups excluding carboxylic acids is 1. The second-order valence-electron chi connectivity index (χ2n) is 7.38. The smallest absolute Gasteiger partial charge is 0.257 e. The van der Waals surface area contributed by atoms with Crippen LogP contribution in [0.15, 0.2) is 45.8 Å². The van der Waals surface area contributed by atoms with Gasteiger partial charge >= 0.3 is 0 Å². The molecule has 30 heavy (non-hydrogen) atoms. The van der Waals surface area contributed by atoms with Gasteiger partial charge in [-0.3, -0.25) is 4.79 Å². The summed E-state index contributed by atoms with van der Waals surface area (Å²) in [6, 6.07) is 10.5. The van der Waals surface area contributed by atoms with Crippen molar-refractivity contribution < 1.29 is 13.2 Å². The van der Waals surface area contributed by atoms with E-state index in [0.717, 1.165) is 41.7 Å². The molecule has 1 heterocycles. The second-order valence-corrected chi connectivity index (χ2v) is 10.2. The molecule has 1 fully saturated rings. The Morgan fingerprint density at radius 3 is 2.37 bits per heavy atom. The largest absolute Gasteiger partial charge is 0.371 e. The monoisotopic (exact) mass is 493 g/mol. The highest BCUT2D eigenvalue weighted by Gasteiger charge is 2.26. The molecule has 1 aliphatic heterocycles. The van der Waals surface area contributed by atoms with Crippen LogP contribution >= 0.6 is 15.9 Å². The van der Waals surface area contributed by atoms with Gasteiger partial charge in [-0.15, -0.1) is 0 Å². The third kappa shape index (κ3) is 4.71. The molecular weight excluding hydrogens is 466 g/mol. The van der Waals surface area contributed by atoms with E-state index in [2.05, 4.69) is 26.1 Å². The fourth-order valence-electron chi connectivity index (χ4n) is 3.76. The number of sulfonamides is 1. The van der Waals surface area contributed by atoms with Gasteiger partial charge in [0.2, 0.25) is 10.0 Å². The van der Waals surface area contributed by atoms with Crippen molar-refractivity contribution in [2.24, 2.45) is 0 Å². The number of carbonyl (C=O) groups is 1. The highest BCUT2D eigenvalue weighted by molar-refractivity contribution is 9.10. The topological polar surface area (TPSA) is 69.7 Å². The summed E-state index contributed by atoms with van der Waals surface area (Å²) >= 11 is 3.43. The van der Waals surface area contributed by atoms with Gasteiger partial charge in [0.05, 0.1) is 10.5 Å². The lowest BCUT2D eigenvalue weighted by atomic mass is 10.1. The third-order valence-electron chi connectivity index (χ3n) is 5.44. The minimum absolute atomic E-state index is 0.145.